The Hall–Kier alpha value is -2.14. The Balaban J connectivity index is 1.62. The third kappa shape index (κ3) is 5.51. The van der Waals surface area contributed by atoms with Crippen LogP contribution in [-0.2, 0) is 10.2 Å². The molecule has 180 valence electrons. The van der Waals surface area contributed by atoms with Crippen LogP contribution in [0, 0.1) is 0 Å². The Labute approximate surface area is 199 Å². The van der Waals surface area contributed by atoms with Crippen molar-refractivity contribution in [2.45, 2.75) is 51.7 Å². The number of rotatable bonds is 7. The first-order valence-electron chi connectivity index (χ1n) is 11.3. The number of anilines is 1. The summed E-state index contributed by atoms with van der Waals surface area (Å²) in [5, 5.41) is 4.90. The summed E-state index contributed by atoms with van der Waals surface area (Å²) in [5.74, 6) is 0.258. The smallest absolute Gasteiger partial charge is 0.316 e. The molecule has 0 amide bonds. The molecule has 1 aromatic heterocycles. The van der Waals surface area contributed by atoms with Gasteiger partial charge in [-0.25, -0.2) is 0 Å². The van der Waals surface area contributed by atoms with Crippen molar-refractivity contribution in [1.82, 2.24) is 18.8 Å². The Morgan fingerprint density at radius 3 is 2.48 bits per heavy atom. The van der Waals surface area contributed by atoms with E-state index in [4.69, 9.17) is 16.3 Å². The molecule has 0 spiro atoms. The van der Waals surface area contributed by atoms with E-state index in [0.29, 0.717) is 42.6 Å². The maximum Gasteiger partial charge on any atom is 0.316 e. The first-order chi connectivity index (χ1) is 15.7. The lowest BCUT2D eigenvalue weighted by Gasteiger charge is -2.36. The maximum atomic E-state index is 13.5. The van der Waals surface area contributed by atoms with Gasteiger partial charge in [0.05, 0.1) is 18.0 Å². The van der Waals surface area contributed by atoms with Gasteiger partial charge in [-0.15, -0.1) is 0 Å². The number of halogens is 1. The van der Waals surface area contributed by atoms with Crippen LogP contribution in [0.4, 0.5) is 5.69 Å². The molecule has 0 atom stereocenters. The number of aromatic nitrogens is 2. The van der Waals surface area contributed by atoms with Gasteiger partial charge in [-0.2, -0.15) is 27.2 Å². The fourth-order valence-corrected chi connectivity index (χ4v) is 5.85. The van der Waals surface area contributed by atoms with E-state index in [0.717, 1.165) is 25.7 Å². The SMILES string of the molecule is CC(C)NS(=O)(=O)N1CCN(c2cnn(-c3cccc(Cl)c3)c(=O)c2OC2CCCC2)CC1. The molecule has 1 saturated heterocycles. The zero-order valence-corrected chi connectivity index (χ0v) is 20.5. The number of benzene rings is 1. The molecule has 1 N–H and O–H groups in total. The highest BCUT2D eigenvalue weighted by atomic mass is 35.5. The lowest BCUT2D eigenvalue weighted by atomic mass is 10.2. The van der Waals surface area contributed by atoms with E-state index in [1.54, 1.807) is 44.3 Å². The van der Waals surface area contributed by atoms with E-state index in [9.17, 15) is 13.2 Å². The lowest BCUT2D eigenvalue weighted by molar-refractivity contribution is 0.205. The van der Waals surface area contributed by atoms with Crippen LogP contribution in [0.1, 0.15) is 39.5 Å². The van der Waals surface area contributed by atoms with Gasteiger partial charge < -0.3 is 9.64 Å². The van der Waals surface area contributed by atoms with Crippen LogP contribution in [0.2, 0.25) is 5.02 Å². The molecule has 1 aliphatic heterocycles. The van der Waals surface area contributed by atoms with Crippen molar-refractivity contribution in [1.29, 1.82) is 0 Å². The molecular weight excluding hydrogens is 466 g/mol. The van der Waals surface area contributed by atoms with Crippen molar-refractivity contribution < 1.29 is 13.2 Å². The van der Waals surface area contributed by atoms with Crippen molar-refractivity contribution in [2.24, 2.45) is 0 Å². The van der Waals surface area contributed by atoms with Crippen LogP contribution in [-0.4, -0.2) is 60.8 Å². The van der Waals surface area contributed by atoms with Gasteiger partial charge in [0.2, 0.25) is 5.75 Å². The highest BCUT2D eigenvalue weighted by Crippen LogP contribution is 2.30. The summed E-state index contributed by atoms with van der Waals surface area (Å²) in [6, 6.07) is 6.78. The van der Waals surface area contributed by atoms with Gasteiger partial charge in [-0.1, -0.05) is 17.7 Å². The minimum atomic E-state index is -3.54. The minimum Gasteiger partial charge on any atom is -0.483 e. The summed E-state index contributed by atoms with van der Waals surface area (Å²) in [6.07, 6.45) is 5.59. The molecule has 11 heteroatoms. The van der Waals surface area contributed by atoms with Crippen LogP contribution in [0.25, 0.3) is 5.69 Å². The number of piperazine rings is 1. The Kier molecular flexibility index (Phi) is 7.28. The highest BCUT2D eigenvalue weighted by molar-refractivity contribution is 7.87. The van der Waals surface area contributed by atoms with Crippen molar-refractivity contribution >= 4 is 27.5 Å². The highest BCUT2D eigenvalue weighted by Gasteiger charge is 2.30. The van der Waals surface area contributed by atoms with Gasteiger partial charge >= 0.3 is 5.56 Å². The van der Waals surface area contributed by atoms with Crippen molar-refractivity contribution in [3.05, 3.63) is 45.8 Å². The normalized spacial score (nSPS) is 18.2. The average molecular weight is 496 g/mol. The fourth-order valence-electron chi connectivity index (χ4n) is 4.27. The summed E-state index contributed by atoms with van der Waals surface area (Å²) < 4.78 is 36.6. The second-order valence-corrected chi connectivity index (χ2v) is 10.9. The monoisotopic (exact) mass is 495 g/mol. The largest absolute Gasteiger partial charge is 0.483 e. The first kappa shape index (κ1) is 24.0. The van der Waals surface area contributed by atoms with Gasteiger partial charge in [0, 0.05) is 37.2 Å². The molecule has 4 rings (SSSR count). The molecule has 1 saturated carbocycles. The third-order valence-corrected chi connectivity index (χ3v) is 7.91. The van der Waals surface area contributed by atoms with Crippen LogP contribution in [0.15, 0.2) is 35.3 Å². The Morgan fingerprint density at radius 1 is 1.15 bits per heavy atom. The van der Waals surface area contributed by atoms with Crippen LogP contribution in [0.5, 0.6) is 5.75 Å². The van der Waals surface area contributed by atoms with Gasteiger partial charge in [-0.05, 0) is 57.7 Å². The zero-order chi connectivity index (χ0) is 23.6. The van der Waals surface area contributed by atoms with Crippen LogP contribution >= 0.6 is 11.6 Å². The fraction of sp³-hybridized carbons (Fsp3) is 0.545. The predicted molar refractivity (Wildman–Crippen MR) is 129 cm³/mol. The Morgan fingerprint density at radius 2 is 1.85 bits per heavy atom. The summed E-state index contributed by atoms with van der Waals surface area (Å²) in [5.41, 5.74) is 0.809. The molecule has 33 heavy (non-hydrogen) atoms. The third-order valence-electron chi connectivity index (χ3n) is 5.86. The summed E-state index contributed by atoms with van der Waals surface area (Å²) in [4.78, 5) is 15.4. The molecule has 2 aliphatic rings. The van der Waals surface area contributed by atoms with E-state index >= 15 is 0 Å². The summed E-state index contributed by atoms with van der Waals surface area (Å²) >= 11 is 6.12. The molecule has 2 heterocycles. The van der Waals surface area contributed by atoms with Gasteiger partial charge in [0.25, 0.3) is 10.2 Å². The maximum absolute atomic E-state index is 13.5. The number of hydrogen-bond acceptors (Lipinski definition) is 6. The van der Waals surface area contributed by atoms with E-state index in [2.05, 4.69) is 9.82 Å². The lowest BCUT2D eigenvalue weighted by Crippen LogP contribution is -2.53. The number of hydrogen-bond donors (Lipinski definition) is 1. The number of ether oxygens (including phenoxy) is 1. The summed E-state index contributed by atoms with van der Waals surface area (Å²) in [6.45, 7) is 5.07. The second-order valence-electron chi connectivity index (χ2n) is 8.74. The molecule has 2 fully saturated rings. The van der Waals surface area contributed by atoms with Crippen LogP contribution < -0.4 is 19.9 Å². The molecule has 0 bridgehead atoms. The van der Waals surface area contributed by atoms with Gasteiger partial charge in [-0.3, -0.25) is 4.79 Å². The molecule has 1 aromatic carbocycles. The Bertz CT molecular complexity index is 1140. The number of nitrogens with zero attached hydrogens (tertiary/aromatic N) is 4. The molecule has 9 nitrogen and oxygen atoms in total. The minimum absolute atomic E-state index is 0.0106. The van der Waals surface area contributed by atoms with E-state index < -0.39 is 10.2 Å². The average Bonchev–Trinajstić information content (AvgIpc) is 3.27. The molecular formula is C22H30ClN5O4S. The molecule has 1 aliphatic carbocycles. The van der Waals surface area contributed by atoms with E-state index in [1.807, 2.05) is 4.90 Å². The predicted octanol–water partition coefficient (Wildman–Crippen LogP) is 2.57. The quantitative estimate of drug-likeness (QED) is 0.634. The first-order valence-corrected chi connectivity index (χ1v) is 13.1. The summed E-state index contributed by atoms with van der Waals surface area (Å²) in [7, 11) is -3.54. The van der Waals surface area contributed by atoms with E-state index in [1.165, 1.54) is 8.99 Å². The molecule has 0 unspecified atom stereocenters. The zero-order valence-electron chi connectivity index (χ0n) is 18.9. The standard InChI is InChI=1S/C22H30ClN5O4S/c1-16(2)25-33(30,31)27-12-10-26(11-13-27)20-15-24-28(18-7-5-6-17(23)14-18)22(29)21(20)32-19-8-3-4-9-19/h5-7,14-16,19,25H,3-4,8-13H2,1-2H3. The topological polar surface area (TPSA) is 96.8 Å². The van der Waals surface area contributed by atoms with Gasteiger partial charge in [0.15, 0.2) is 0 Å². The van der Waals surface area contributed by atoms with Gasteiger partial charge in [0.1, 0.15) is 5.69 Å². The van der Waals surface area contributed by atoms with Crippen molar-refractivity contribution in [3.63, 3.8) is 0 Å². The van der Waals surface area contributed by atoms with E-state index in [-0.39, 0.29) is 23.5 Å². The second kappa shape index (κ2) is 10.0. The molecule has 0 radical (unpaired) electrons. The molecule has 2 aromatic rings. The van der Waals surface area contributed by atoms with Crippen LogP contribution in [0.3, 0.4) is 0 Å². The number of nitrogens with one attached hydrogen (secondary N) is 1. The van der Waals surface area contributed by atoms with Crippen molar-refractivity contribution in [3.8, 4) is 11.4 Å². The van der Waals surface area contributed by atoms with Crippen molar-refractivity contribution in [2.75, 3.05) is 31.1 Å².